The van der Waals surface area contributed by atoms with Crippen LogP contribution in [0, 0.1) is 0 Å². The fraction of sp³-hybridized carbons (Fsp3) is 0.190. The molecule has 1 heterocycles. The molecule has 0 spiro atoms. The predicted octanol–water partition coefficient (Wildman–Crippen LogP) is 4.29. The fourth-order valence-corrected chi connectivity index (χ4v) is 2.94. The molecule has 4 heteroatoms. The number of hydrogen-bond donors (Lipinski definition) is 2. The average Bonchev–Trinajstić information content (AvgIpc) is 3.08. The zero-order valence-corrected chi connectivity index (χ0v) is 14.5. The van der Waals surface area contributed by atoms with Crippen molar-refractivity contribution in [2.24, 2.45) is 0 Å². The normalized spacial score (nSPS) is 11.5. The lowest BCUT2D eigenvalue weighted by Crippen LogP contribution is -2.24. The van der Waals surface area contributed by atoms with Crippen LogP contribution in [0.1, 0.15) is 24.5 Å². The first-order valence-corrected chi connectivity index (χ1v) is 8.41. The van der Waals surface area contributed by atoms with Gasteiger partial charge in [-0.05, 0) is 18.6 Å². The van der Waals surface area contributed by atoms with Gasteiger partial charge in [0.15, 0.2) is 0 Å². The standard InChI is InChI=1S/C21H22N2O2/c1-3-8-17(18-14-22-19-11-6-5-10-16(18)19)21(24)23-13-15-9-4-7-12-20(15)25-2/h4-12,14,22H,3,13H2,1-2H3,(H,23,24). The van der Waals surface area contributed by atoms with E-state index in [1.165, 1.54) is 0 Å². The van der Waals surface area contributed by atoms with Gasteiger partial charge in [-0.15, -0.1) is 0 Å². The Morgan fingerprint density at radius 2 is 1.92 bits per heavy atom. The van der Waals surface area contributed by atoms with E-state index in [1.807, 2.05) is 67.7 Å². The lowest BCUT2D eigenvalue weighted by atomic mass is 10.0. The first kappa shape index (κ1) is 16.8. The predicted molar refractivity (Wildman–Crippen MR) is 101 cm³/mol. The molecule has 128 valence electrons. The average molecular weight is 334 g/mol. The number of hydrogen-bond acceptors (Lipinski definition) is 2. The molecule has 3 aromatic rings. The van der Waals surface area contributed by atoms with E-state index >= 15 is 0 Å². The highest BCUT2D eigenvalue weighted by atomic mass is 16.5. The third-order valence-corrected chi connectivity index (χ3v) is 4.16. The number of allylic oxidation sites excluding steroid dienone is 1. The molecule has 2 N–H and O–H groups in total. The summed E-state index contributed by atoms with van der Waals surface area (Å²) in [6.45, 7) is 2.45. The zero-order valence-electron chi connectivity index (χ0n) is 14.5. The van der Waals surface area contributed by atoms with Crippen LogP contribution in [0.5, 0.6) is 5.75 Å². The number of benzene rings is 2. The minimum absolute atomic E-state index is 0.0856. The number of carbonyl (C=O) groups is 1. The highest BCUT2D eigenvalue weighted by molar-refractivity contribution is 6.22. The van der Waals surface area contributed by atoms with Crippen molar-refractivity contribution in [3.8, 4) is 5.75 Å². The molecule has 0 radical (unpaired) electrons. The molecule has 2 aromatic carbocycles. The van der Waals surface area contributed by atoms with E-state index < -0.39 is 0 Å². The monoisotopic (exact) mass is 334 g/mol. The van der Waals surface area contributed by atoms with Crippen LogP contribution in [-0.2, 0) is 11.3 Å². The van der Waals surface area contributed by atoms with Crippen LogP contribution >= 0.6 is 0 Å². The Hall–Kier alpha value is -3.01. The van der Waals surface area contributed by atoms with Gasteiger partial charge in [-0.25, -0.2) is 0 Å². The van der Waals surface area contributed by atoms with E-state index in [0.29, 0.717) is 12.1 Å². The van der Waals surface area contributed by atoms with Crippen LogP contribution in [0.4, 0.5) is 0 Å². The molecule has 0 aliphatic carbocycles. The van der Waals surface area contributed by atoms with Gasteiger partial charge < -0.3 is 15.0 Å². The Bertz CT molecular complexity index is 909. The summed E-state index contributed by atoms with van der Waals surface area (Å²) < 4.78 is 5.34. The summed E-state index contributed by atoms with van der Waals surface area (Å²) in [5.74, 6) is 0.688. The van der Waals surface area contributed by atoms with E-state index in [9.17, 15) is 4.79 Å². The number of fused-ring (bicyclic) bond motifs is 1. The van der Waals surface area contributed by atoms with Crippen LogP contribution in [-0.4, -0.2) is 18.0 Å². The summed E-state index contributed by atoms with van der Waals surface area (Å²) >= 11 is 0. The highest BCUT2D eigenvalue weighted by Crippen LogP contribution is 2.26. The van der Waals surface area contributed by atoms with Crippen LogP contribution in [0.2, 0.25) is 0 Å². The molecule has 0 atom stereocenters. The fourth-order valence-electron chi connectivity index (χ4n) is 2.94. The molecular formula is C21H22N2O2. The van der Waals surface area contributed by atoms with Gasteiger partial charge in [-0.3, -0.25) is 4.79 Å². The second kappa shape index (κ2) is 7.71. The molecule has 0 fully saturated rings. The smallest absolute Gasteiger partial charge is 0.251 e. The van der Waals surface area contributed by atoms with Crippen LogP contribution in [0.3, 0.4) is 0 Å². The number of nitrogens with one attached hydrogen (secondary N) is 2. The second-order valence-corrected chi connectivity index (χ2v) is 5.77. The molecule has 4 nitrogen and oxygen atoms in total. The van der Waals surface area contributed by atoms with Gasteiger partial charge in [0.1, 0.15) is 5.75 Å². The summed E-state index contributed by atoms with van der Waals surface area (Å²) in [5, 5.41) is 4.06. The van der Waals surface area contributed by atoms with Gasteiger partial charge in [0.2, 0.25) is 0 Å². The van der Waals surface area contributed by atoms with Crippen molar-refractivity contribution in [2.75, 3.05) is 7.11 Å². The number of methoxy groups -OCH3 is 1. The molecule has 0 unspecified atom stereocenters. The number of carbonyl (C=O) groups excluding carboxylic acids is 1. The molecular weight excluding hydrogens is 312 g/mol. The summed E-state index contributed by atoms with van der Waals surface area (Å²) in [6.07, 6.45) is 4.65. The van der Waals surface area contributed by atoms with Crippen LogP contribution in [0.25, 0.3) is 16.5 Å². The summed E-state index contributed by atoms with van der Waals surface area (Å²) in [4.78, 5) is 16.0. The molecule has 0 saturated heterocycles. The van der Waals surface area contributed by atoms with Gasteiger partial charge in [0, 0.05) is 40.3 Å². The lowest BCUT2D eigenvalue weighted by molar-refractivity contribution is -0.115. The molecule has 3 rings (SSSR count). The number of rotatable bonds is 6. The largest absolute Gasteiger partial charge is 0.496 e. The number of aromatic amines is 1. The number of amides is 1. The summed E-state index contributed by atoms with van der Waals surface area (Å²) in [7, 11) is 1.63. The van der Waals surface area contributed by atoms with Crippen LogP contribution in [0.15, 0.2) is 60.8 Å². The Kier molecular flexibility index (Phi) is 5.19. The van der Waals surface area contributed by atoms with Crippen molar-refractivity contribution in [2.45, 2.75) is 19.9 Å². The van der Waals surface area contributed by atoms with Crippen LogP contribution < -0.4 is 10.1 Å². The number of H-pyrrole nitrogens is 1. The molecule has 1 amide bonds. The van der Waals surface area contributed by atoms with Crippen molar-refractivity contribution in [3.63, 3.8) is 0 Å². The lowest BCUT2D eigenvalue weighted by Gasteiger charge is -2.11. The van der Waals surface area contributed by atoms with Gasteiger partial charge in [-0.1, -0.05) is 49.4 Å². The van der Waals surface area contributed by atoms with Gasteiger partial charge in [0.25, 0.3) is 5.91 Å². The number of ether oxygens (including phenoxy) is 1. The maximum absolute atomic E-state index is 12.8. The van der Waals surface area contributed by atoms with E-state index in [-0.39, 0.29) is 5.91 Å². The van der Waals surface area contributed by atoms with Crippen molar-refractivity contribution >= 4 is 22.4 Å². The molecule has 1 aromatic heterocycles. The van der Waals surface area contributed by atoms with Crippen molar-refractivity contribution in [1.82, 2.24) is 10.3 Å². The first-order valence-electron chi connectivity index (χ1n) is 8.41. The van der Waals surface area contributed by atoms with E-state index in [4.69, 9.17) is 4.74 Å². The third kappa shape index (κ3) is 3.58. The molecule has 0 bridgehead atoms. The Morgan fingerprint density at radius 3 is 2.72 bits per heavy atom. The van der Waals surface area contributed by atoms with Gasteiger partial charge >= 0.3 is 0 Å². The zero-order chi connectivity index (χ0) is 17.6. The van der Waals surface area contributed by atoms with Crippen molar-refractivity contribution in [1.29, 1.82) is 0 Å². The quantitative estimate of drug-likeness (QED) is 0.661. The third-order valence-electron chi connectivity index (χ3n) is 4.16. The van der Waals surface area contributed by atoms with Crippen molar-refractivity contribution in [3.05, 3.63) is 71.9 Å². The first-order chi connectivity index (χ1) is 12.2. The van der Waals surface area contributed by atoms with Gasteiger partial charge in [-0.2, -0.15) is 0 Å². The van der Waals surface area contributed by atoms with Crippen molar-refractivity contribution < 1.29 is 9.53 Å². The minimum atomic E-state index is -0.0856. The SMILES string of the molecule is CCC=C(C(=O)NCc1ccccc1OC)c1c[nH]c2ccccc12. The minimum Gasteiger partial charge on any atom is -0.496 e. The summed E-state index contributed by atoms with van der Waals surface area (Å²) in [5.41, 5.74) is 3.59. The Labute approximate surface area is 147 Å². The van der Waals surface area contributed by atoms with E-state index in [1.54, 1.807) is 7.11 Å². The highest BCUT2D eigenvalue weighted by Gasteiger charge is 2.15. The topological polar surface area (TPSA) is 54.1 Å². The maximum Gasteiger partial charge on any atom is 0.251 e. The Balaban J connectivity index is 1.84. The molecule has 25 heavy (non-hydrogen) atoms. The number of para-hydroxylation sites is 2. The number of aromatic nitrogens is 1. The van der Waals surface area contributed by atoms with E-state index in [0.717, 1.165) is 34.2 Å². The molecule has 0 aliphatic heterocycles. The van der Waals surface area contributed by atoms with E-state index in [2.05, 4.69) is 10.3 Å². The second-order valence-electron chi connectivity index (χ2n) is 5.77. The molecule has 0 aliphatic rings. The molecule has 0 saturated carbocycles. The maximum atomic E-state index is 12.8. The van der Waals surface area contributed by atoms with Gasteiger partial charge in [0.05, 0.1) is 7.11 Å². The summed E-state index contributed by atoms with van der Waals surface area (Å²) in [6, 6.07) is 15.7. The Morgan fingerprint density at radius 1 is 1.16 bits per heavy atom.